The van der Waals surface area contributed by atoms with E-state index in [-0.39, 0.29) is 11.8 Å². The lowest BCUT2D eigenvalue weighted by Crippen LogP contribution is -2.52. The third-order valence-corrected chi connectivity index (χ3v) is 3.86. The second-order valence-electron chi connectivity index (χ2n) is 7.47. The molecule has 2 amide bonds. The molecule has 1 unspecified atom stereocenters. The van der Waals surface area contributed by atoms with Gasteiger partial charge in [0.15, 0.2) is 0 Å². The summed E-state index contributed by atoms with van der Waals surface area (Å²) in [5.41, 5.74) is 0.520. The molecule has 24 heavy (non-hydrogen) atoms. The summed E-state index contributed by atoms with van der Waals surface area (Å²) in [6.45, 7) is 6.94. The van der Waals surface area contributed by atoms with Gasteiger partial charge in [0.25, 0.3) is 0 Å². The van der Waals surface area contributed by atoms with Crippen LogP contribution < -0.4 is 5.32 Å². The number of likely N-dealkylation sites (N-methyl/N-ethyl adjacent to an activating group) is 2. The molecular weight excluding hydrogens is 302 g/mol. The lowest BCUT2D eigenvalue weighted by molar-refractivity contribution is -0.145. The zero-order valence-corrected chi connectivity index (χ0v) is 15.8. The molecule has 0 bridgehead atoms. The minimum atomic E-state index is -0.520. The molecule has 5 nitrogen and oxygen atoms in total. The quantitative estimate of drug-likeness (QED) is 0.827. The van der Waals surface area contributed by atoms with Crippen molar-refractivity contribution < 1.29 is 9.59 Å². The summed E-state index contributed by atoms with van der Waals surface area (Å²) in [4.78, 5) is 28.9. The van der Waals surface area contributed by atoms with Crippen molar-refractivity contribution in [2.75, 3.05) is 34.2 Å². The second-order valence-corrected chi connectivity index (χ2v) is 7.47. The van der Waals surface area contributed by atoms with Crippen molar-refractivity contribution in [3.05, 3.63) is 35.9 Å². The van der Waals surface area contributed by atoms with Crippen LogP contribution in [-0.2, 0) is 16.0 Å². The monoisotopic (exact) mass is 333 g/mol. The molecule has 0 saturated carbocycles. The van der Waals surface area contributed by atoms with Gasteiger partial charge in [0.1, 0.15) is 6.04 Å². The highest BCUT2D eigenvalue weighted by molar-refractivity contribution is 5.89. The molecule has 134 valence electrons. The van der Waals surface area contributed by atoms with Crippen molar-refractivity contribution in [3.63, 3.8) is 0 Å². The highest BCUT2D eigenvalue weighted by Crippen LogP contribution is 2.19. The molecule has 0 fully saturated rings. The Hall–Kier alpha value is -1.88. The average Bonchev–Trinajstić information content (AvgIpc) is 2.50. The van der Waals surface area contributed by atoms with Gasteiger partial charge in [-0.1, -0.05) is 51.1 Å². The maximum absolute atomic E-state index is 12.7. The van der Waals surface area contributed by atoms with Gasteiger partial charge < -0.3 is 15.1 Å². The summed E-state index contributed by atoms with van der Waals surface area (Å²) in [5.74, 6) is -0.146. The Bertz CT molecular complexity index is 535. The molecule has 5 heteroatoms. The van der Waals surface area contributed by atoms with Crippen LogP contribution in [0.5, 0.6) is 0 Å². The third kappa shape index (κ3) is 6.32. The van der Waals surface area contributed by atoms with E-state index in [2.05, 4.69) is 5.32 Å². The van der Waals surface area contributed by atoms with E-state index in [9.17, 15) is 9.59 Å². The van der Waals surface area contributed by atoms with Crippen molar-refractivity contribution in [2.24, 2.45) is 5.41 Å². The summed E-state index contributed by atoms with van der Waals surface area (Å²) >= 11 is 0. The molecule has 0 aliphatic heterocycles. The molecule has 1 rings (SSSR count). The molecule has 0 aliphatic carbocycles. The predicted molar refractivity (Wildman–Crippen MR) is 97.7 cm³/mol. The SMILES string of the molecule is CN(C)CCNC(=O)C(Cc1ccccc1)N(C)C(=O)C(C)(C)C. The topological polar surface area (TPSA) is 52.7 Å². The first-order valence-electron chi connectivity index (χ1n) is 8.36. The maximum Gasteiger partial charge on any atom is 0.243 e. The molecule has 1 N–H and O–H groups in total. The van der Waals surface area contributed by atoms with Gasteiger partial charge in [0.2, 0.25) is 11.8 Å². The fourth-order valence-electron chi connectivity index (χ4n) is 2.43. The van der Waals surface area contributed by atoms with E-state index in [0.717, 1.165) is 12.1 Å². The second kappa shape index (κ2) is 8.83. The Kier molecular flexibility index (Phi) is 7.42. The number of carbonyl (C=O) groups is 2. The zero-order valence-electron chi connectivity index (χ0n) is 15.8. The third-order valence-electron chi connectivity index (χ3n) is 3.86. The van der Waals surface area contributed by atoms with E-state index in [1.54, 1.807) is 11.9 Å². The number of nitrogens with one attached hydrogen (secondary N) is 1. The summed E-state index contributed by atoms with van der Waals surface area (Å²) in [6, 6.07) is 9.29. The van der Waals surface area contributed by atoms with E-state index < -0.39 is 11.5 Å². The number of benzene rings is 1. The van der Waals surface area contributed by atoms with Crippen molar-refractivity contribution in [2.45, 2.75) is 33.2 Å². The van der Waals surface area contributed by atoms with Crippen LogP contribution in [0, 0.1) is 5.41 Å². The minimum absolute atomic E-state index is 0.0359. The Morgan fingerprint density at radius 3 is 2.17 bits per heavy atom. The van der Waals surface area contributed by atoms with Gasteiger partial charge in [0.05, 0.1) is 0 Å². The van der Waals surface area contributed by atoms with Crippen molar-refractivity contribution in [1.29, 1.82) is 0 Å². The first-order valence-corrected chi connectivity index (χ1v) is 8.36. The Morgan fingerprint density at radius 1 is 1.08 bits per heavy atom. The van der Waals surface area contributed by atoms with Crippen LogP contribution in [0.4, 0.5) is 0 Å². The predicted octanol–water partition coefficient (Wildman–Crippen LogP) is 1.78. The number of hydrogen-bond acceptors (Lipinski definition) is 3. The van der Waals surface area contributed by atoms with Gasteiger partial charge in [-0.15, -0.1) is 0 Å². The number of nitrogens with zero attached hydrogens (tertiary/aromatic N) is 2. The van der Waals surface area contributed by atoms with Crippen LogP contribution in [0.25, 0.3) is 0 Å². The number of rotatable bonds is 7. The molecule has 0 aromatic heterocycles. The summed E-state index contributed by atoms with van der Waals surface area (Å²) < 4.78 is 0. The van der Waals surface area contributed by atoms with E-state index >= 15 is 0 Å². The molecule has 1 aromatic rings. The van der Waals surface area contributed by atoms with Crippen molar-refractivity contribution >= 4 is 11.8 Å². The highest BCUT2D eigenvalue weighted by Gasteiger charge is 2.33. The molecule has 1 aromatic carbocycles. The Balaban J connectivity index is 2.90. The van der Waals surface area contributed by atoms with Crippen LogP contribution in [0.3, 0.4) is 0 Å². The van der Waals surface area contributed by atoms with E-state index in [4.69, 9.17) is 0 Å². The van der Waals surface area contributed by atoms with Gasteiger partial charge >= 0.3 is 0 Å². The van der Waals surface area contributed by atoms with Gasteiger partial charge in [-0.2, -0.15) is 0 Å². The standard InChI is InChI=1S/C19H31N3O2/c1-19(2,3)18(24)22(6)16(14-15-10-8-7-9-11-15)17(23)20-12-13-21(4)5/h7-11,16H,12-14H2,1-6H3,(H,20,23). The average molecular weight is 333 g/mol. The lowest BCUT2D eigenvalue weighted by Gasteiger charge is -2.32. The Labute approximate surface area is 146 Å². The molecule has 0 spiro atoms. The summed E-state index contributed by atoms with van der Waals surface area (Å²) in [5, 5.41) is 2.95. The van der Waals surface area contributed by atoms with Crippen LogP contribution in [0.2, 0.25) is 0 Å². The first-order chi connectivity index (χ1) is 11.1. The first kappa shape index (κ1) is 20.2. The molecule has 0 radical (unpaired) electrons. The Morgan fingerprint density at radius 2 is 1.67 bits per heavy atom. The van der Waals surface area contributed by atoms with Gasteiger partial charge in [-0.25, -0.2) is 0 Å². The van der Waals surface area contributed by atoms with Gasteiger partial charge in [-0.3, -0.25) is 9.59 Å². The van der Waals surface area contributed by atoms with E-state index in [0.29, 0.717) is 13.0 Å². The zero-order chi connectivity index (χ0) is 18.3. The molecule has 0 aliphatic rings. The fourth-order valence-corrected chi connectivity index (χ4v) is 2.43. The molecular formula is C19H31N3O2. The normalized spacial score (nSPS) is 12.8. The summed E-state index contributed by atoms with van der Waals surface area (Å²) in [6.07, 6.45) is 0.507. The van der Waals surface area contributed by atoms with Gasteiger partial charge in [-0.05, 0) is 19.7 Å². The largest absolute Gasteiger partial charge is 0.353 e. The lowest BCUT2D eigenvalue weighted by atomic mass is 9.93. The minimum Gasteiger partial charge on any atom is -0.353 e. The van der Waals surface area contributed by atoms with Crippen molar-refractivity contribution in [3.8, 4) is 0 Å². The van der Waals surface area contributed by atoms with E-state index in [1.807, 2.05) is 70.1 Å². The summed E-state index contributed by atoms with van der Waals surface area (Å²) in [7, 11) is 5.64. The number of carbonyl (C=O) groups excluding carboxylic acids is 2. The van der Waals surface area contributed by atoms with Crippen LogP contribution >= 0.6 is 0 Å². The van der Waals surface area contributed by atoms with Crippen molar-refractivity contribution in [1.82, 2.24) is 15.1 Å². The van der Waals surface area contributed by atoms with E-state index in [1.165, 1.54) is 0 Å². The highest BCUT2D eigenvalue weighted by atomic mass is 16.2. The smallest absolute Gasteiger partial charge is 0.243 e. The van der Waals surface area contributed by atoms with Gasteiger partial charge in [0, 0.05) is 32.0 Å². The maximum atomic E-state index is 12.7. The fraction of sp³-hybridized carbons (Fsp3) is 0.579. The number of amides is 2. The van der Waals surface area contributed by atoms with Crippen LogP contribution in [0.15, 0.2) is 30.3 Å². The molecule has 0 saturated heterocycles. The van der Waals surface area contributed by atoms with Crippen LogP contribution in [-0.4, -0.2) is 61.9 Å². The molecule has 0 heterocycles. The number of hydrogen-bond donors (Lipinski definition) is 1. The molecule has 1 atom stereocenters. The van der Waals surface area contributed by atoms with Crippen LogP contribution in [0.1, 0.15) is 26.3 Å².